The third-order valence-corrected chi connectivity index (χ3v) is 3.37. The molecule has 1 N–H and O–H groups in total. The van der Waals surface area contributed by atoms with Crippen molar-refractivity contribution in [3.63, 3.8) is 0 Å². The summed E-state index contributed by atoms with van der Waals surface area (Å²) >= 11 is 3.40. The van der Waals surface area contributed by atoms with E-state index in [0.717, 1.165) is 15.9 Å². The van der Waals surface area contributed by atoms with Gasteiger partial charge in [0, 0.05) is 10.5 Å². The standard InChI is InChI=1S/C13H16BrFN4/c1-9(2)16-6-13-17-8-19(18-13)7-10-5-11(15)3-4-12(10)14/h3-5,8-9,16H,6-7H2,1-2H3. The van der Waals surface area contributed by atoms with Crippen LogP contribution in [-0.4, -0.2) is 20.8 Å². The molecule has 0 saturated heterocycles. The molecule has 0 unspecified atom stereocenters. The number of hydrogen-bond acceptors (Lipinski definition) is 3. The second-order valence-electron chi connectivity index (χ2n) is 4.63. The van der Waals surface area contributed by atoms with E-state index in [-0.39, 0.29) is 5.82 Å². The zero-order valence-electron chi connectivity index (χ0n) is 10.9. The molecule has 2 aromatic rings. The Kier molecular flexibility index (Phi) is 4.66. The average molecular weight is 327 g/mol. The number of halogens is 2. The number of nitrogens with zero attached hydrogens (tertiary/aromatic N) is 3. The van der Waals surface area contributed by atoms with E-state index < -0.39 is 0 Å². The molecular formula is C13H16BrFN4. The van der Waals surface area contributed by atoms with Crippen LogP contribution in [0.3, 0.4) is 0 Å². The second kappa shape index (κ2) is 6.25. The van der Waals surface area contributed by atoms with E-state index in [9.17, 15) is 4.39 Å². The fourth-order valence-electron chi connectivity index (χ4n) is 1.62. The average Bonchev–Trinajstić information content (AvgIpc) is 2.79. The van der Waals surface area contributed by atoms with Crippen LogP contribution in [0.4, 0.5) is 4.39 Å². The van der Waals surface area contributed by atoms with Gasteiger partial charge in [0.2, 0.25) is 0 Å². The van der Waals surface area contributed by atoms with Crippen LogP contribution < -0.4 is 5.32 Å². The van der Waals surface area contributed by atoms with Crippen molar-refractivity contribution in [2.24, 2.45) is 0 Å². The predicted octanol–water partition coefficient (Wildman–Crippen LogP) is 2.73. The molecule has 0 spiro atoms. The molecule has 4 nitrogen and oxygen atoms in total. The molecule has 0 saturated carbocycles. The van der Waals surface area contributed by atoms with E-state index in [1.807, 2.05) is 0 Å². The molecule has 19 heavy (non-hydrogen) atoms. The van der Waals surface area contributed by atoms with Gasteiger partial charge in [-0.15, -0.1) is 0 Å². The summed E-state index contributed by atoms with van der Waals surface area (Å²) in [5.41, 5.74) is 0.841. The molecule has 1 aromatic heterocycles. The fraction of sp³-hybridized carbons (Fsp3) is 0.385. The largest absolute Gasteiger partial charge is 0.308 e. The zero-order valence-corrected chi connectivity index (χ0v) is 12.5. The highest BCUT2D eigenvalue weighted by Gasteiger charge is 2.06. The van der Waals surface area contributed by atoms with E-state index in [0.29, 0.717) is 19.1 Å². The zero-order chi connectivity index (χ0) is 13.8. The van der Waals surface area contributed by atoms with Crippen molar-refractivity contribution >= 4 is 15.9 Å². The number of nitrogens with one attached hydrogen (secondary N) is 1. The van der Waals surface area contributed by atoms with E-state index in [4.69, 9.17) is 0 Å². The first-order valence-corrected chi connectivity index (χ1v) is 6.89. The van der Waals surface area contributed by atoms with E-state index in [1.165, 1.54) is 12.1 Å². The maximum Gasteiger partial charge on any atom is 0.164 e. The summed E-state index contributed by atoms with van der Waals surface area (Å²) in [6.45, 7) is 5.27. The van der Waals surface area contributed by atoms with Gasteiger partial charge in [0.15, 0.2) is 5.82 Å². The SMILES string of the molecule is CC(C)NCc1ncn(Cc2cc(F)ccc2Br)n1. The minimum atomic E-state index is -0.250. The molecule has 0 atom stereocenters. The first kappa shape index (κ1) is 14.1. The smallest absolute Gasteiger partial charge is 0.164 e. The molecule has 1 aromatic carbocycles. The van der Waals surface area contributed by atoms with Crippen LogP contribution in [0.2, 0.25) is 0 Å². The molecule has 6 heteroatoms. The molecule has 0 fully saturated rings. The van der Waals surface area contributed by atoms with Gasteiger partial charge in [-0.05, 0) is 23.8 Å². The highest BCUT2D eigenvalue weighted by atomic mass is 79.9. The quantitative estimate of drug-likeness (QED) is 0.918. The van der Waals surface area contributed by atoms with Gasteiger partial charge in [-0.1, -0.05) is 29.8 Å². The molecule has 0 radical (unpaired) electrons. The topological polar surface area (TPSA) is 42.7 Å². The van der Waals surface area contributed by atoms with Crippen molar-refractivity contribution in [3.05, 3.63) is 46.2 Å². The molecule has 2 rings (SSSR count). The van der Waals surface area contributed by atoms with Gasteiger partial charge in [0.1, 0.15) is 12.1 Å². The Labute approximate surface area is 120 Å². The summed E-state index contributed by atoms with van der Waals surface area (Å²) < 4.78 is 15.8. The van der Waals surface area contributed by atoms with E-state index in [1.54, 1.807) is 17.1 Å². The summed E-state index contributed by atoms with van der Waals surface area (Å²) in [4.78, 5) is 4.22. The van der Waals surface area contributed by atoms with Crippen LogP contribution in [0.15, 0.2) is 29.0 Å². The lowest BCUT2D eigenvalue weighted by Crippen LogP contribution is -2.22. The van der Waals surface area contributed by atoms with Gasteiger partial charge in [0.25, 0.3) is 0 Å². The lowest BCUT2D eigenvalue weighted by atomic mass is 10.2. The van der Waals surface area contributed by atoms with Gasteiger partial charge >= 0.3 is 0 Å². The Hall–Kier alpha value is -1.27. The van der Waals surface area contributed by atoms with Crippen LogP contribution in [0, 0.1) is 5.82 Å². The first-order valence-electron chi connectivity index (χ1n) is 6.10. The van der Waals surface area contributed by atoms with Crippen LogP contribution >= 0.6 is 15.9 Å². The van der Waals surface area contributed by atoms with Crippen molar-refractivity contribution in [2.75, 3.05) is 0 Å². The second-order valence-corrected chi connectivity index (χ2v) is 5.48. The van der Waals surface area contributed by atoms with E-state index >= 15 is 0 Å². The Morgan fingerprint density at radius 1 is 1.42 bits per heavy atom. The number of benzene rings is 1. The maximum atomic E-state index is 13.2. The molecule has 0 aliphatic rings. The summed E-state index contributed by atoms with van der Waals surface area (Å²) in [6, 6.07) is 5.01. The molecule has 0 aliphatic heterocycles. The minimum Gasteiger partial charge on any atom is -0.308 e. The summed E-state index contributed by atoms with van der Waals surface area (Å²) in [6.07, 6.45) is 1.66. The minimum absolute atomic E-state index is 0.250. The summed E-state index contributed by atoms with van der Waals surface area (Å²) in [5.74, 6) is 0.487. The summed E-state index contributed by atoms with van der Waals surface area (Å²) in [7, 11) is 0. The molecule has 0 amide bonds. The van der Waals surface area contributed by atoms with Gasteiger partial charge in [0.05, 0.1) is 13.1 Å². The van der Waals surface area contributed by atoms with Gasteiger partial charge in [-0.25, -0.2) is 14.1 Å². The van der Waals surface area contributed by atoms with Crippen LogP contribution in [0.25, 0.3) is 0 Å². The van der Waals surface area contributed by atoms with Crippen molar-refractivity contribution < 1.29 is 4.39 Å². The van der Waals surface area contributed by atoms with Crippen molar-refractivity contribution in [1.82, 2.24) is 20.1 Å². The Bertz CT molecular complexity index is 553. The highest BCUT2D eigenvalue weighted by Crippen LogP contribution is 2.18. The monoisotopic (exact) mass is 326 g/mol. The number of aromatic nitrogens is 3. The molecule has 1 heterocycles. The third kappa shape index (κ3) is 4.11. The van der Waals surface area contributed by atoms with Crippen LogP contribution in [0.5, 0.6) is 0 Å². The normalized spacial score (nSPS) is 11.2. The fourth-order valence-corrected chi connectivity index (χ4v) is 2.00. The van der Waals surface area contributed by atoms with E-state index in [2.05, 4.69) is 45.2 Å². The first-order chi connectivity index (χ1) is 9.04. The predicted molar refractivity (Wildman–Crippen MR) is 75.2 cm³/mol. The lowest BCUT2D eigenvalue weighted by Gasteiger charge is -2.05. The van der Waals surface area contributed by atoms with Crippen LogP contribution in [-0.2, 0) is 13.1 Å². The Morgan fingerprint density at radius 3 is 2.95 bits per heavy atom. The molecular weight excluding hydrogens is 311 g/mol. The van der Waals surface area contributed by atoms with Crippen molar-refractivity contribution in [2.45, 2.75) is 33.0 Å². The molecule has 0 aliphatic carbocycles. The Balaban J connectivity index is 2.05. The number of rotatable bonds is 5. The molecule has 102 valence electrons. The van der Waals surface area contributed by atoms with Gasteiger partial charge in [-0.2, -0.15) is 5.10 Å². The Morgan fingerprint density at radius 2 is 2.21 bits per heavy atom. The highest BCUT2D eigenvalue weighted by molar-refractivity contribution is 9.10. The maximum absolute atomic E-state index is 13.2. The van der Waals surface area contributed by atoms with Crippen LogP contribution in [0.1, 0.15) is 25.2 Å². The third-order valence-electron chi connectivity index (χ3n) is 2.59. The van der Waals surface area contributed by atoms with Gasteiger partial charge in [-0.3, -0.25) is 0 Å². The summed E-state index contributed by atoms with van der Waals surface area (Å²) in [5, 5.41) is 7.60. The molecule has 0 bridgehead atoms. The number of hydrogen-bond donors (Lipinski definition) is 1. The lowest BCUT2D eigenvalue weighted by molar-refractivity contribution is 0.564. The van der Waals surface area contributed by atoms with Gasteiger partial charge < -0.3 is 5.32 Å². The van der Waals surface area contributed by atoms with Crippen molar-refractivity contribution in [3.8, 4) is 0 Å². The van der Waals surface area contributed by atoms with Crippen molar-refractivity contribution in [1.29, 1.82) is 0 Å².